The second kappa shape index (κ2) is 14.5. The average Bonchev–Trinajstić information content (AvgIpc) is 3.06. The number of ether oxygens (including phenoxy) is 5. The molecule has 0 fully saturated rings. The lowest BCUT2D eigenvalue weighted by Gasteiger charge is -2.28. The number of hydrogen-bond acceptors (Lipinski definition) is 9. The second-order valence-electron chi connectivity index (χ2n) is 8.66. The van der Waals surface area contributed by atoms with Gasteiger partial charge in [0.05, 0.1) is 32.1 Å². The number of carbonyl (C=O) groups is 1. The van der Waals surface area contributed by atoms with Gasteiger partial charge in [0.1, 0.15) is 30.5 Å². The van der Waals surface area contributed by atoms with Gasteiger partial charge in [0.2, 0.25) is 0 Å². The molecule has 2 aromatic rings. The fourth-order valence-electron chi connectivity index (χ4n) is 4.38. The maximum absolute atomic E-state index is 12.1. The molecule has 1 aliphatic rings. The average molecular weight is 571 g/mol. The summed E-state index contributed by atoms with van der Waals surface area (Å²) >= 11 is 6.45. The molecule has 214 valence electrons. The first-order valence-electron chi connectivity index (χ1n) is 12.6. The number of methoxy groups -OCH3 is 3. The van der Waals surface area contributed by atoms with Crippen LogP contribution in [0, 0.1) is 10.8 Å². The van der Waals surface area contributed by atoms with E-state index in [1.165, 1.54) is 24.3 Å². The van der Waals surface area contributed by atoms with Crippen molar-refractivity contribution in [3.63, 3.8) is 0 Å². The van der Waals surface area contributed by atoms with Crippen molar-refractivity contribution in [2.24, 2.45) is 0 Å². The van der Waals surface area contributed by atoms with Crippen LogP contribution < -0.4 is 19.7 Å². The van der Waals surface area contributed by atoms with Crippen LogP contribution in [-0.4, -0.2) is 64.8 Å². The fourth-order valence-corrected chi connectivity index (χ4v) is 4.56. The summed E-state index contributed by atoms with van der Waals surface area (Å²) in [6, 6.07) is 10.7. The number of halogens is 1. The van der Waals surface area contributed by atoms with Gasteiger partial charge in [-0.1, -0.05) is 36.4 Å². The van der Waals surface area contributed by atoms with Crippen LogP contribution in [0.3, 0.4) is 0 Å². The second-order valence-corrected chi connectivity index (χ2v) is 9.09. The molecule has 2 atom stereocenters. The Morgan fingerprint density at radius 2 is 1.98 bits per heavy atom. The highest BCUT2D eigenvalue weighted by molar-refractivity contribution is 6.31. The molecular formula is C29H35ClN4O6. The summed E-state index contributed by atoms with van der Waals surface area (Å²) in [7, 11) is 4.60. The van der Waals surface area contributed by atoms with E-state index in [4.69, 9.17) is 46.1 Å². The summed E-state index contributed by atoms with van der Waals surface area (Å²) in [5.41, 5.74) is 2.17. The smallest absolute Gasteiger partial charge is 0.339 e. The third kappa shape index (κ3) is 6.82. The summed E-state index contributed by atoms with van der Waals surface area (Å²) in [6.45, 7) is 5.97. The standard InChI is InChI=1S/C29H35ClN4O6/c1-6-18(29(35)39-7-2)16-33-14-13-24-28(32)34(25(31)17-36-3)22-12-11-19(30)15-21(22)26(40-24)20-9-8-10-23(37-4)27(20)38-5/h6,8-12,15-16,24,26,31-33H,1,7,13-14,17H2,2-5H3/b18-16+,31-25?,32-28?/t24-,26-/m1/s1. The first kappa shape index (κ1) is 30.7. The van der Waals surface area contributed by atoms with E-state index < -0.39 is 18.2 Å². The van der Waals surface area contributed by atoms with E-state index in [9.17, 15) is 4.79 Å². The maximum Gasteiger partial charge on any atom is 0.339 e. The van der Waals surface area contributed by atoms with Crippen LogP contribution >= 0.6 is 11.6 Å². The lowest BCUT2D eigenvalue weighted by Crippen LogP contribution is -2.44. The van der Waals surface area contributed by atoms with Gasteiger partial charge in [-0.15, -0.1) is 0 Å². The van der Waals surface area contributed by atoms with Crippen molar-refractivity contribution in [2.75, 3.05) is 46.0 Å². The quantitative estimate of drug-likeness (QED) is 0.0824. The van der Waals surface area contributed by atoms with Gasteiger partial charge >= 0.3 is 5.97 Å². The van der Waals surface area contributed by atoms with Gasteiger partial charge in [-0.25, -0.2) is 4.79 Å². The summed E-state index contributed by atoms with van der Waals surface area (Å²) in [5.74, 6) is 0.634. The Morgan fingerprint density at radius 1 is 1.20 bits per heavy atom. The van der Waals surface area contributed by atoms with Gasteiger partial charge in [-0.3, -0.25) is 15.7 Å². The predicted octanol–water partition coefficient (Wildman–Crippen LogP) is 4.87. The molecule has 0 amide bonds. The van der Waals surface area contributed by atoms with Crippen molar-refractivity contribution in [2.45, 2.75) is 25.6 Å². The molecule has 1 aliphatic heterocycles. The molecule has 0 aliphatic carbocycles. The normalized spacial score (nSPS) is 17.0. The van der Waals surface area contributed by atoms with Crippen LogP contribution in [0.1, 0.15) is 30.6 Å². The van der Waals surface area contributed by atoms with E-state index in [1.54, 1.807) is 45.4 Å². The van der Waals surface area contributed by atoms with Gasteiger partial charge in [0.25, 0.3) is 0 Å². The van der Waals surface area contributed by atoms with Gasteiger partial charge in [0.15, 0.2) is 11.5 Å². The Labute approximate surface area is 239 Å². The monoisotopic (exact) mass is 570 g/mol. The molecule has 0 unspecified atom stereocenters. The number of benzene rings is 2. The van der Waals surface area contributed by atoms with Crippen LogP contribution in [0.4, 0.5) is 5.69 Å². The molecule has 1 heterocycles. The number of hydrogen-bond donors (Lipinski definition) is 3. The largest absolute Gasteiger partial charge is 0.493 e. The van der Waals surface area contributed by atoms with Crippen LogP contribution in [-0.2, 0) is 19.0 Å². The number of fused-ring (bicyclic) bond motifs is 1. The van der Waals surface area contributed by atoms with Crippen molar-refractivity contribution in [1.82, 2.24) is 5.32 Å². The number of amidine groups is 2. The molecule has 0 saturated carbocycles. The highest BCUT2D eigenvalue weighted by atomic mass is 35.5. The van der Waals surface area contributed by atoms with E-state index in [-0.39, 0.29) is 30.5 Å². The van der Waals surface area contributed by atoms with E-state index in [2.05, 4.69) is 11.9 Å². The minimum absolute atomic E-state index is 0.0203. The SMILES string of the molecule is C=C/C(=C\NCC[C@H]1O[C@H](c2cccc(OC)c2OC)c2cc(Cl)ccc2N(C(=N)COC)C1=N)C(=O)OCC. The molecule has 10 nitrogen and oxygen atoms in total. The van der Waals surface area contributed by atoms with Crippen molar-refractivity contribution >= 4 is 34.9 Å². The third-order valence-corrected chi connectivity index (χ3v) is 6.40. The van der Waals surface area contributed by atoms with Gasteiger partial charge in [-0.2, -0.15) is 0 Å². The van der Waals surface area contributed by atoms with Crippen LogP contribution in [0.25, 0.3) is 0 Å². The molecule has 0 spiro atoms. The van der Waals surface area contributed by atoms with Crippen molar-refractivity contribution in [1.29, 1.82) is 10.8 Å². The van der Waals surface area contributed by atoms with Crippen molar-refractivity contribution < 1.29 is 28.5 Å². The molecule has 2 aromatic carbocycles. The number of nitrogens with one attached hydrogen (secondary N) is 3. The lowest BCUT2D eigenvalue weighted by atomic mass is 9.98. The Balaban J connectivity index is 2.06. The molecule has 11 heteroatoms. The number of carbonyl (C=O) groups excluding carboxylic acids is 1. The Hall–Kier alpha value is -3.86. The predicted molar refractivity (Wildman–Crippen MR) is 155 cm³/mol. The van der Waals surface area contributed by atoms with Crippen molar-refractivity contribution in [3.05, 3.63) is 77.0 Å². The molecule has 3 rings (SSSR count). The van der Waals surface area contributed by atoms with Gasteiger partial charge < -0.3 is 29.0 Å². The Kier molecular flexibility index (Phi) is 11.1. The maximum atomic E-state index is 12.1. The zero-order chi connectivity index (χ0) is 29.2. The highest BCUT2D eigenvalue weighted by Gasteiger charge is 2.37. The summed E-state index contributed by atoms with van der Waals surface area (Å²) in [4.78, 5) is 13.6. The number of anilines is 1. The highest BCUT2D eigenvalue weighted by Crippen LogP contribution is 2.45. The van der Waals surface area contributed by atoms with Gasteiger partial charge in [0, 0.05) is 36.0 Å². The lowest BCUT2D eigenvalue weighted by molar-refractivity contribution is -0.138. The fraction of sp³-hybridized carbons (Fsp3) is 0.345. The summed E-state index contributed by atoms with van der Waals surface area (Å²) in [6.07, 6.45) is 1.76. The Bertz CT molecular complexity index is 1280. The first-order valence-corrected chi connectivity index (χ1v) is 13.0. The van der Waals surface area contributed by atoms with Crippen LogP contribution in [0.5, 0.6) is 11.5 Å². The molecule has 40 heavy (non-hydrogen) atoms. The number of para-hydroxylation sites is 1. The number of rotatable bonds is 12. The molecular weight excluding hydrogens is 536 g/mol. The van der Waals surface area contributed by atoms with Crippen LogP contribution in [0.2, 0.25) is 5.02 Å². The molecule has 0 radical (unpaired) electrons. The number of esters is 1. The topological polar surface area (TPSA) is 126 Å². The molecule has 3 N–H and O–H groups in total. The zero-order valence-corrected chi connectivity index (χ0v) is 23.8. The molecule has 0 bridgehead atoms. The third-order valence-electron chi connectivity index (χ3n) is 6.17. The van der Waals surface area contributed by atoms with Crippen LogP contribution in [0.15, 0.2) is 60.8 Å². The minimum atomic E-state index is -0.778. The zero-order valence-electron chi connectivity index (χ0n) is 23.1. The first-order chi connectivity index (χ1) is 19.3. The number of nitrogens with zero attached hydrogens (tertiary/aromatic N) is 1. The minimum Gasteiger partial charge on any atom is -0.493 e. The summed E-state index contributed by atoms with van der Waals surface area (Å²) < 4.78 is 28.2. The van der Waals surface area contributed by atoms with Crippen molar-refractivity contribution in [3.8, 4) is 11.5 Å². The van der Waals surface area contributed by atoms with Gasteiger partial charge in [-0.05, 0) is 37.6 Å². The van der Waals surface area contributed by atoms with E-state index in [0.717, 1.165) is 0 Å². The van der Waals surface area contributed by atoms with E-state index in [1.807, 2.05) is 12.1 Å². The van der Waals surface area contributed by atoms with E-state index >= 15 is 0 Å². The molecule has 0 aromatic heterocycles. The van der Waals surface area contributed by atoms with E-state index in [0.29, 0.717) is 46.3 Å². The Morgan fingerprint density at radius 3 is 2.62 bits per heavy atom. The summed E-state index contributed by atoms with van der Waals surface area (Å²) in [5, 5.41) is 21.4. The molecule has 0 saturated heterocycles.